The quantitative estimate of drug-likeness (QED) is 0.0853. The molecule has 3 aromatic carbocycles. The Balaban J connectivity index is 0.000000129. The first kappa shape index (κ1) is 37.2. The number of aliphatic hydroxyl groups is 1. The lowest BCUT2D eigenvalue weighted by atomic mass is 10.1. The first-order chi connectivity index (χ1) is 27.1. The Morgan fingerprint density at radius 1 is 0.661 bits per heavy atom. The number of nitriles is 1. The summed E-state index contributed by atoms with van der Waals surface area (Å²) >= 11 is 3.45. The van der Waals surface area contributed by atoms with E-state index in [9.17, 15) is 24.3 Å². The second kappa shape index (κ2) is 16.1. The Morgan fingerprint density at radius 3 is 1.68 bits per heavy atom. The highest BCUT2D eigenvalue weighted by Crippen LogP contribution is 2.30. The van der Waals surface area contributed by atoms with Crippen molar-refractivity contribution in [1.82, 2.24) is 29.9 Å². The number of thiazole rings is 3. The number of primary amides is 1. The predicted molar refractivity (Wildman–Crippen MR) is 212 cm³/mol. The summed E-state index contributed by atoms with van der Waals surface area (Å²) in [5.41, 5.74) is 10.1. The Hall–Kier alpha value is -7.10. The number of H-pyrrole nitrogens is 3. The summed E-state index contributed by atoms with van der Waals surface area (Å²) in [7, 11) is 0. The van der Waals surface area contributed by atoms with Gasteiger partial charge in [-0.25, -0.2) is 19.7 Å². The van der Waals surface area contributed by atoms with Crippen LogP contribution in [0.25, 0.3) is 32.7 Å². The van der Waals surface area contributed by atoms with E-state index >= 15 is 0 Å². The van der Waals surface area contributed by atoms with Gasteiger partial charge >= 0.3 is 5.97 Å². The molecule has 17 heteroatoms. The number of fused-ring (bicyclic) bond motifs is 3. The Bertz CT molecular complexity index is 2940. The molecule has 7 N–H and O–H groups in total. The fourth-order valence-corrected chi connectivity index (χ4v) is 7.88. The zero-order valence-corrected chi connectivity index (χ0v) is 31.0. The number of carbonyl (C=O) groups excluding carboxylic acids is 3. The van der Waals surface area contributed by atoms with Crippen LogP contribution in [0.4, 0.5) is 0 Å². The normalized spacial score (nSPS) is 11.3. The van der Waals surface area contributed by atoms with Crippen LogP contribution in [0.2, 0.25) is 0 Å². The van der Waals surface area contributed by atoms with Crippen molar-refractivity contribution in [3.05, 3.63) is 156 Å². The molecule has 1 atom stereocenters. The van der Waals surface area contributed by atoms with Crippen molar-refractivity contribution in [2.45, 2.75) is 6.10 Å². The highest BCUT2D eigenvalue weighted by molar-refractivity contribution is 7.12. The third-order valence-electron chi connectivity index (χ3n) is 8.32. The predicted octanol–water partition coefficient (Wildman–Crippen LogP) is 7.09. The van der Waals surface area contributed by atoms with E-state index in [1.165, 1.54) is 28.1 Å². The standard InChI is InChI=1S/C13H11N3O2S.C13H7N3OS.C13H8N2O3S/c14-12(18)10-6-19-13(16-10)11(17)8-5-15-9-4-2-1-3-7(8)9;14-5-8-7-18-13(16-8)12(17)10-6-15-11-4-2-1-3-9(10)11;16-11(12-15-10(6-19-12)13(17)18)8-5-14-9-4-2-1-3-7(8)9/h1-6,11,15,17H,(H2,14,18);1-4,6-7,15H;1-6,14H,(H,17,18). The Morgan fingerprint density at radius 2 is 1.16 bits per heavy atom. The highest BCUT2D eigenvalue weighted by atomic mass is 32.1. The molecule has 0 fully saturated rings. The van der Waals surface area contributed by atoms with Crippen molar-refractivity contribution in [1.29, 1.82) is 5.26 Å². The summed E-state index contributed by atoms with van der Waals surface area (Å²) in [6.07, 6.45) is 4.19. The average Bonchev–Trinajstić information content (AvgIpc) is 4.08. The van der Waals surface area contributed by atoms with Crippen LogP contribution in [0.15, 0.2) is 108 Å². The van der Waals surface area contributed by atoms with Gasteiger partial charge in [-0.3, -0.25) is 14.4 Å². The molecule has 1 unspecified atom stereocenters. The molecule has 1 amide bonds. The molecule has 0 aliphatic heterocycles. The summed E-state index contributed by atoms with van der Waals surface area (Å²) in [6, 6.07) is 24.6. The van der Waals surface area contributed by atoms with E-state index in [0.29, 0.717) is 21.1 Å². The van der Waals surface area contributed by atoms with Gasteiger partial charge in [0.15, 0.2) is 21.4 Å². The summed E-state index contributed by atoms with van der Waals surface area (Å²) in [6.45, 7) is 0. The van der Waals surface area contributed by atoms with Crippen molar-refractivity contribution in [3.8, 4) is 6.07 Å². The van der Waals surface area contributed by atoms with Gasteiger partial charge in [0, 0.05) is 73.0 Å². The smallest absolute Gasteiger partial charge is 0.355 e. The van der Waals surface area contributed by atoms with Crippen LogP contribution in [-0.4, -0.2) is 63.6 Å². The summed E-state index contributed by atoms with van der Waals surface area (Å²) in [5.74, 6) is -2.14. The van der Waals surface area contributed by atoms with Crippen LogP contribution >= 0.6 is 34.0 Å². The SMILES string of the molecule is N#Cc1csc(C(=O)c2c[nH]c3ccccc23)n1.NC(=O)c1csc(C(O)c2c[nH]c3ccccc23)n1.O=C(O)c1csc(C(=O)c2c[nH]c3ccccc23)n1. The van der Waals surface area contributed by atoms with E-state index < -0.39 is 18.0 Å². The largest absolute Gasteiger partial charge is 0.476 e. The van der Waals surface area contributed by atoms with Gasteiger partial charge < -0.3 is 30.9 Å². The van der Waals surface area contributed by atoms with E-state index in [-0.39, 0.29) is 33.7 Å². The highest BCUT2D eigenvalue weighted by Gasteiger charge is 2.21. The molecular formula is C39H26N8O6S3. The minimum absolute atomic E-state index is 0.104. The molecule has 0 aliphatic carbocycles. The van der Waals surface area contributed by atoms with Gasteiger partial charge in [0.05, 0.1) is 11.1 Å². The molecule has 0 spiro atoms. The number of ketones is 2. The topological polar surface area (TPSA) is 245 Å². The Labute approximate surface area is 327 Å². The molecular weight excluding hydrogens is 773 g/mol. The van der Waals surface area contributed by atoms with Gasteiger partial charge in [0.25, 0.3) is 5.91 Å². The molecule has 0 saturated heterocycles. The second-order valence-electron chi connectivity index (χ2n) is 11.8. The number of amides is 1. The van der Waals surface area contributed by atoms with E-state index in [0.717, 1.165) is 49.6 Å². The van der Waals surface area contributed by atoms with Crippen LogP contribution in [0, 0.1) is 11.3 Å². The maximum absolute atomic E-state index is 12.3. The van der Waals surface area contributed by atoms with Gasteiger partial charge in [-0.05, 0) is 18.2 Å². The minimum Gasteiger partial charge on any atom is -0.476 e. The molecule has 0 radical (unpaired) electrons. The van der Waals surface area contributed by atoms with Gasteiger partial charge in [-0.2, -0.15) is 5.26 Å². The van der Waals surface area contributed by atoms with Crippen molar-refractivity contribution in [3.63, 3.8) is 0 Å². The number of rotatable bonds is 8. The third-order valence-corrected chi connectivity index (χ3v) is 10.9. The molecule has 14 nitrogen and oxygen atoms in total. The molecule has 9 aromatic rings. The fourth-order valence-electron chi connectivity index (χ4n) is 5.63. The second-order valence-corrected chi connectivity index (χ2v) is 14.4. The average molecular weight is 799 g/mol. The van der Waals surface area contributed by atoms with Crippen molar-refractivity contribution >= 4 is 90.2 Å². The van der Waals surface area contributed by atoms with Crippen LogP contribution in [-0.2, 0) is 0 Å². The molecule has 56 heavy (non-hydrogen) atoms. The van der Waals surface area contributed by atoms with E-state index in [1.54, 1.807) is 29.4 Å². The molecule has 276 valence electrons. The van der Waals surface area contributed by atoms with Crippen LogP contribution in [0.1, 0.15) is 74.1 Å². The number of aliphatic hydroxyl groups excluding tert-OH is 1. The van der Waals surface area contributed by atoms with E-state index in [2.05, 4.69) is 29.9 Å². The number of aromatic amines is 3. The lowest BCUT2D eigenvalue weighted by molar-refractivity contribution is 0.0690. The molecule has 0 bridgehead atoms. The zero-order valence-electron chi connectivity index (χ0n) is 28.6. The fraction of sp³-hybridized carbons (Fsp3) is 0.0256. The summed E-state index contributed by atoms with van der Waals surface area (Å²) in [5, 5.41) is 36.0. The number of carbonyl (C=O) groups is 4. The summed E-state index contributed by atoms with van der Waals surface area (Å²) in [4.78, 5) is 67.4. The van der Waals surface area contributed by atoms with Crippen molar-refractivity contribution in [2.24, 2.45) is 5.73 Å². The number of para-hydroxylation sites is 3. The first-order valence-corrected chi connectivity index (χ1v) is 19.0. The lowest BCUT2D eigenvalue weighted by Gasteiger charge is -2.05. The Kier molecular flexibility index (Phi) is 10.7. The monoisotopic (exact) mass is 798 g/mol. The van der Waals surface area contributed by atoms with Crippen LogP contribution < -0.4 is 5.73 Å². The van der Waals surface area contributed by atoms with Gasteiger partial charge in [0.1, 0.15) is 22.9 Å². The number of hydrogen-bond donors (Lipinski definition) is 6. The van der Waals surface area contributed by atoms with Crippen LogP contribution in [0.3, 0.4) is 0 Å². The number of carboxylic acid groups (broad SMARTS) is 1. The number of aromatic carboxylic acids is 1. The van der Waals surface area contributed by atoms with Crippen molar-refractivity contribution < 1.29 is 29.4 Å². The van der Waals surface area contributed by atoms with Gasteiger partial charge in [-0.15, -0.1) is 34.0 Å². The minimum atomic E-state index is -1.13. The van der Waals surface area contributed by atoms with E-state index in [1.807, 2.05) is 78.9 Å². The maximum Gasteiger partial charge on any atom is 0.355 e. The van der Waals surface area contributed by atoms with Crippen LogP contribution in [0.5, 0.6) is 0 Å². The number of carboxylic acids is 1. The molecule has 9 rings (SSSR count). The molecule has 6 heterocycles. The molecule has 6 aromatic heterocycles. The lowest BCUT2D eigenvalue weighted by Crippen LogP contribution is -2.11. The van der Waals surface area contributed by atoms with E-state index in [4.69, 9.17) is 16.1 Å². The first-order valence-electron chi connectivity index (χ1n) is 16.4. The molecule has 0 saturated carbocycles. The number of benzene rings is 3. The van der Waals surface area contributed by atoms with Gasteiger partial charge in [0.2, 0.25) is 11.6 Å². The maximum atomic E-state index is 12.3. The number of nitrogens with one attached hydrogen (secondary N) is 3. The van der Waals surface area contributed by atoms with Crippen molar-refractivity contribution in [2.75, 3.05) is 0 Å². The molecule has 0 aliphatic rings. The summed E-state index contributed by atoms with van der Waals surface area (Å²) < 4.78 is 0. The zero-order chi connectivity index (χ0) is 39.3. The van der Waals surface area contributed by atoms with Gasteiger partial charge in [-0.1, -0.05) is 54.6 Å². The number of nitrogens with zero attached hydrogens (tertiary/aromatic N) is 4. The number of hydrogen-bond acceptors (Lipinski definition) is 12. The number of nitrogens with two attached hydrogens (primary N) is 1. The number of aromatic nitrogens is 6. The third kappa shape index (κ3) is 7.62.